The Hall–Kier alpha value is -0.380. The molecule has 2 unspecified atom stereocenters. The normalized spacial score (nSPS) is 21.5. The molecule has 0 aromatic heterocycles. The number of benzene rings is 1. The Morgan fingerprint density at radius 1 is 1.59 bits per heavy atom. The lowest BCUT2D eigenvalue weighted by molar-refractivity contribution is 0.119. The van der Waals surface area contributed by atoms with E-state index >= 15 is 0 Å². The van der Waals surface area contributed by atoms with Crippen LogP contribution in [-0.2, 0) is 6.42 Å². The highest BCUT2D eigenvalue weighted by molar-refractivity contribution is 7.99. The number of hydrogen-bond donors (Lipinski definition) is 1. The van der Waals surface area contributed by atoms with Gasteiger partial charge < -0.3 is 9.84 Å². The first kappa shape index (κ1) is 13.1. The van der Waals surface area contributed by atoms with Gasteiger partial charge in [-0.15, -0.1) is 0 Å². The van der Waals surface area contributed by atoms with Crippen LogP contribution in [0.15, 0.2) is 18.2 Å². The van der Waals surface area contributed by atoms with Crippen LogP contribution in [-0.4, -0.2) is 29.8 Å². The largest absolute Gasteiger partial charge is 0.496 e. The lowest BCUT2D eigenvalue weighted by atomic mass is 9.95. The van der Waals surface area contributed by atoms with E-state index in [2.05, 4.69) is 0 Å². The van der Waals surface area contributed by atoms with Crippen molar-refractivity contribution in [1.82, 2.24) is 0 Å². The Bertz CT molecular complexity index is 378. The summed E-state index contributed by atoms with van der Waals surface area (Å²) < 4.78 is 5.29. The van der Waals surface area contributed by atoms with Crippen LogP contribution in [0.1, 0.15) is 12.0 Å². The molecule has 0 bridgehead atoms. The van der Waals surface area contributed by atoms with Gasteiger partial charge in [0.2, 0.25) is 0 Å². The number of rotatable bonds is 4. The third-order valence-corrected chi connectivity index (χ3v) is 4.60. The van der Waals surface area contributed by atoms with Crippen LogP contribution in [0.2, 0.25) is 5.02 Å². The van der Waals surface area contributed by atoms with E-state index in [1.807, 2.05) is 30.0 Å². The number of aliphatic hydroxyl groups is 1. The summed E-state index contributed by atoms with van der Waals surface area (Å²) in [5, 5.41) is 10.9. The first-order valence-electron chi connectivity index (χ1n) is 5.79. The Morgan fingerprint density at radius 3 is 3.06 bits per heavy atom. The summed E-state index contributed by atoms with van der Waals surface area (Å²) in [6, 6.07) is 5.54. The molecule has 1 fully saturated rings. The van der Waals surface area contributed by atoms with Gasteiger partial charge in [0.25, 0.3) is 0 Å². The van der Waals surface area contributed by atoms with Gasteiger partial charge in [-0.25, -0.2) is 0 Å². The topological polar surface area (TPSA) is 29.5 Å². The molecule has 2 atom stereocenters. The Balaban J connectivity index is 2.08. The van der Waals surface area contributed by atoms with Crippen molar-refractivity contribution in [2.45, 2.75) is 18.9 Å². The summed E-state index contributed by atoms with van der Waals surface area (Å²) in [5.41, 5.74) is 0.990. The van der Waals surface area contributed by atoms with Crippen molar-refractivity contribution in [2.75, 3.05) is 18.6 Å². The lowest BCUT2D eigenvalue weighted by Crippen LogP contribution is -2.22. The molecule has 1 N–H and O–H groups in total. The summed E-state index contributed by atoms with van der Waals surface area (Å²) in [5.74, 6) is 3.43. The maximum absolute atomic E-state index is 10.2. The zero-order valence-corrected chi connectivity index (χ0v) is 11.4. The highest BCUT2D eigenvalue weighted by Gasteiger charge is 2.24. The van der Waals surface area contributed by atoms with Crippen molar-refractivity contribution in [3.05, 3.63) is 28.8 Å². The first-order chi connectivity index (χ1) is 8.20. The minimum absolute atomic E-state index is 0.294. The predicted octanol–water partition coefficient (Wildman–Crippen LogP) is 3.01. The zero-order valence-electron chi connectivity index (χ0n) is 9.86. The molecule has 1 aromatic carbocycles. The number of halogens is 1. The molecule has 2 rings (SSSR count). The van der Waals surface area contributed by atoms with Gasteiger partial charge in [0.15, 0.2) is 0 Å². The van der Waals surface area contributed by atoms with Crippen molar-refractivity contribution in [1.29, 1.82) is 0 Å². The molecule has 1 aliphatic heterocycles. The maximum Gasteiger partial charge on any atom is 0.122 e. The fourth-order valence-electron chi connectivity index (χ4n) is 2.15. The van der Waals surface area contributed by atoms with Crippen molar-refractivity contribution in [2.24, 2.45) is 5.92 Å². The van der Waals surface area contributed by atoms with Crippen LogP contribution in [0.4, 0.5) is 0 Å². The van der Waals surface area contributed by atoms with Gasteiger partial charge in [-0.3, -0.25) is 0 Å². The maximum atomic E-state index is 10.2. The lowest BCUT2D eigenvalue weighted by Gasteiger charge is -2.18. The van der Waals surface area contributed by atoms with Gasteiger partial charge in [-0.2, -0.15) is 11.8 Å². The molecule has 0 aliphatic carbocycles. The van der Waals surface area contributed by atoms with E-state index in [9.17, 15) is 5.11 Å². The highest BCUT2D eigenvalue weighted by atomic mass is 35.5. The summed E-state index contributed by atoms with van der Waals surface area (Å²) in [6.07, 6.45) is 1.43. The second-order valence-electron chi connectivity index (χ2n) is 4.35. The van der Waals surface area contributed by atoms with Gasteiger partial charge in [-0.1, -0.05) is 11.6 Å². The molecule has 1 aromatic rings. The van der Waals surface area contributed by atoms with Crippen molar-refractivity contribution >= 4 is 23.4 Å². The fourth-order valence-corrected chi connectivity index (χ4v) is 3.68. The average Bonchev–Trinajstić information content (AvgIpc) is 2.83. The smallest absolute Gasteiger partial charge is 0.122 e. The summed E-state index contributed by atoms with van der Waals surface area (Å²) in [7, 11) is 1.64. The minimum atomic E-state index is -0.294. The SMILES string of the molecule is COc1ccc(Cl)cc1CC(O)C1CCSC1. The van der Waals surface area contributed by atoms with Gasteiger partial charge in [0.1, 0.15) is 5.75 Å². The van der Waals surface area contributed by atoms with E-state index in [0.29, 0.717) is 17.4 Å². The second-order valence-corrected chi connectivity index (χ2v) is 5.94. The van der Waals surface area contributed by atoms with E-state index in [4.69, 9.17) is 16.3 Å². The number of ether oxygens (including phenoxy) is 1. The monoisotopic (exact) mass is 272 g/mol. The minimum Gasteiger partial charge on any atom is -0.496 e. The molecule has 0 amide bonds. The van der Waals surface area contributed by atoms with Gasteiger partial charge in [0, 0.05) is 11.4 Å². The summed E-state index contributed by atoms with van der Waals surface area (Å²) >= 11 is 7.89. The second kappa shape index (κ2) is 5.98. The third kappa shape index (κ3) is 3.30. The molecule has 1 aliphatic rings. The molecule has 17 heavy (non-hydrogen) atoms. The predicted molar refractivity (Wildman–Crippen MR) is 73.1 cm³/mol. The number of hydrogen-bond acceptors (Lipinski definition) is 3. The van der Waals surface area contributed by atoms with Gasteiger partial charge >= 0.3 is 0 Å². The zero-order chi connectivity index (χ0) is 12.3. The van der Waals surface area contributed by atoms with Gasteiger partial charge in [0.05, 0.1) is 13.2 Å². The quantitative estimate of drug-likeness (QED) is 0.914. The number of aliphatic hydroxyl groups excluding tert-OH is 1. The first-order valence-corrected chi connectivity index (χ1v) is 7.32. The van der Waals surface area contributed by atoms with Crippen LogP contribution in [0.5, 0.6) is 5.75 Å². The molecular weight excluding hydrogens is 256 g/mol. The Kier molecular flexibility index (Phi) is 4.60. The molecule has 1 saturated heterocycles. The van der Waals surface area contributed by atoms with Crippen LogP contribution in [0.25, 0.3) is 0 Å². The van der Waals surface area contributed by atoms with Crippen molar-refractivity contribution < 1.29 is 9.84 Å². The van der Waals surface area contributed by atoms with E-state index in [1.165, 1.54) is 0 Å². The standard InChI is InChI=1S/C13H17ClO2S/c1-16-13-3-2-11(14)6-10(13)7-12(15)9-4-5-17-8-9/h2-3,6,9,12,15H,4-5,7-8H2,1H3. The van der Waals surface area contributed by atoms with Crippen molar-refractivity contribution in [3.63, 3.8) is 0 Å². The Morgan fingerprint density at radius 2 is 2.41 bits per heavy atom. The van der Waals surface area contributed by atoms with Gasteiger partial charge in [-0.05, 0) is 47.6 Å². The number of methoxy groups -OCH3 is 1. The summed E-state index contributed by atoms with van der Waals surface area (Å²) in [6.45, 7) is 0. The van der Waals surface area contributed by atoms with E-state index < -0.39 is 0 Å². The number of thioether (sulfide) groups is 1. The molecule has 0 saturated carbocycles. The molecule has 4 heteroatoms. The third-order valence-electron chi connectivity index (χ3n) is 3.18. The van der Waals surface area contributed by atoms with Crippen molar-refractivity contribution in [3.8, 4) is 5.75 Å². The van der Waals surface area contributed by atoms with E-state index in [1.54, 1.807) is 7.11 Å². The van der Waals surface area contributed by atoms with Crippen LogP contribution in [0, 0.1) is 5.92 Å². The van der Waals surface area contributed by atoms with Crippen LogP contribution < -0.4 is 4.74 Å². The van der Waals surface area contributed by atoms with Crippen LogP contribution in [0.3, 0.4) is 0 Å². The molecule has 0 spiro atoms. The Labute approximate surface area is 111 Å². The van der Waals surface area contributed by atoms with Crippen LogP contribution >= 0.6 is 23.4 Å². The fraction of sp³-hybridized carbons (Fsp3) is 0.538. The van der Waals surface area contributed by atoms with E-state index in [0.717, 1.165) is 29.2 Å². The van der Waals surface area contributed by atoms with E-state index in [-0.39, 0.29) is 6.10 Å². The molecule has 1 heterocycles. The molecule has 0 radical (unpaired) electrons. The molecular formula is C13H17ClO2S. The average molecular weight is 273 g/mol. The summed E-state index contributed by atoms with van der Waals surface area (Å²) in [4.78, 5) is 0. The molecule has 2 nitrogen and oxygen atoms in total. The molecule has 94 valence electrons. The highest BCUT2D eigenvalue weighted by Crippen LogP contribution is 2.30.